The van der Waals surface area contributed by atoms with Crippen LogP contribution < -0.4 is 14.8 Å². The Balaban J connectivity index is 1.63. The second kappa shape index (κ2) is 6.62. The zero-order chi connectivity index (χ0) is 25.1. The van der Waals surface area contributed by atoms with Crippen LogP contribution in [-0.2, 0) is 7.05 Å². The predicted octanol–water partition coefficient (Wildman–Crippen LogP) is 4.26. The molecule has 0 aliphatic carbocycles. The van der Waals surface area contributed by atoms with Crippen molar-refractivity contribution in [3.8, 4) is 11.1 Å². The molecule has 0 atom stereocenters. The lowest BCUT2D eigenvalue weighted by Gasteiger charge is -2.23. The van der Waals surface area contributed by atoms with Crippen molar-refractivity contribution in [2.24, 2.45) is 7.05 Å². The maximum absolute atomic E-state index is 8.07. The molecule has 4 heterocycles. The molecule has 0 amide bonds. The number of pyridine rings is 2. The summed E-state index contributed by atoms with van der Waals surface area (Å²) in [5.74, 6) is 1.43. The van der Waals surface area contributed by atoms with E-state index < -0.39 is 13.7 Å². The second-order valence-electron chi connectivity index (χ2n) is 7.26. The van der Waals surface area contributed by atoms with Crippen molar-refractivity contribution in [1.82, 2.24) is 4.98 Å². The third kappa shape index (κ3) is 2.85. The predicted molar refractivity (Wildman–Crippen MR) is 119 cm³/mol. The first-order chi connectivity index (χ1) is 16.4. The number of nitrogens with zero attached hydrogens (tertiary/aromatic N) is 3. The topological polar surface area (TPSA) is 33.2 Å². The summed E-state index contributed by atoms with van der Waals surface area (Å²) in [6, 6.07) is 14.6. The van der Waals surface area contributed by atoms with Crippen molar-refractivity contribution in [2.45, 2.75) is 20.5 Å². The van der Waals surface area contributed by atoms with Crippen LogP contribution in [0, 0.1) is 13.7 Å². The van der Waals surface area contributed by atoms with Crippen molar-refractivity contribution in [3.63, 3.8) is 0 Å². The van der Waals surface area contributed by atoms with Crippen LogP contribution in [-0.4, -0.2) is 11.8 Å². The fourth-order valence-corrected chi connectivity index (χ4v) is 4.01. The average molecular weight is 386 g/mol. The van der Waals surface area contributed by atoms with Crippen LogP contribution in [0.15, 0.2) is 65.3 Å². The molecule has 29 heavy (non-hydrogen) atoms. The first-order valence-corrected chi connectivity index (χ1v) is 9.45. The summed E-state index contributed by atoms with van der Waals surface area (Å²) < 4.78 is 54.9. The number of rotatable bonds is 2. The first kappa shape index (κ1) is 12.3. The molecule has 0 radical (unpaired) electrons. The van der Waals surface area contributed by atoms with Crippen LogP contribution in [0.4, 0.5) is 5.82 Å². The first-order valence-electron chi connectivity index (χ1n) is 12.4. The number of anilines is 1. The maximum Gasteiger partial charge on any atom is 0.413 e. The van der Waals surface area contributed by atoms with Crippen LogP contribution in [0.3, 0.4) is 0 Å². The fraction of sp³-hybridized carbons (Fsp3) is 0.167. The zero-order valence-corrected chi connectivity index (χ0v) is 16.2. The van der Waals surface area contributed by atoms with Crippen LogP contribution in [0.1, 0.15) is 25.2 Å². The molecule has 0 saturated carbocycles. The second-order valence-corrected chi connectivity index (χ2v) is 7.26. The SMILES string of the molecule is [2H]C([2H])([2H])c1ccc2c3c(oc2n1)C=CN(c1cc(-c2ccccc2)c(C([2H])([2H])[2H])c[n+]1C)B3C. The van der Waals surface area contributed by atoms with Gasteiger partial charge in [-0.1, -0.05) is 30.3 Å². The van der Waals surface area contributed by atoms with E-state index in [0.717, 1.165) is 22.2 Å². The average Bonchev–Trinajstić information content (AvgIpc) is 3.17. The highest BCUT2D eigenvalue weighted by Crippen LogP contribution is 2.29. The van der Waals surface area contributed by atoms with Crippen LogP contribution in [0.2, 0.25) is 6.82 Å². The van der Waals surface area contributed by atoms with Gasteiger partial charge >= 0.3 is 6.85 Å². The molecule has 4 nitrogen and oxygen atoms in total. The van der Waals surface area contributed by atoms with Gasteiger partial charge in [-0.2, -0.15) is 0 Å². The highest BCUT2D eigenvalue weighted by atomic mass is 16.3. The van der Waals surface area contributed by atoms with E-state index in [2.05, 4.69) is 4.98 Å². The largest absolute Gasteiger partial charge is 0.439 e. The van der Waals surface area contributed by atoms with Gasteiger partial charge in [0.15, 0.2) is 0 Å². The summed E-state index contributed by atoms with van der Waals surface area (Å²) in [5.41, 5.74) is 2.92. The van der Waals surface area contributed by atoms with Gasteiger partial charge in [0.05, 0.1) is 19.4 Å². The van der Waals surface area contributed by atoms with Gasteiger partial charge in [0.1, 0.15) is 5.76 Å². The standard InChI is InChI=1S/C24H23BN3O/c1-16-15-27(4)22(14-20(16)18-8-6-5-7-9-18)28-13-12-21-23(25(28)3)19-11-10-17(2)26-24(19)29-21/h5-15H,1-4H3/q+1/i1D3,2D3. The smallest absolute Gasteiger partial charge is 0.413 e. The van der Waals surface area contributed by atoms with Crippen LogP contribution in [0.25, 0.3) is 28.3 Å². The van der Waals surface area contributed by atoms with Crippen molar-refractivity contribution in [2.75, 3.05) is 4.81 Å². The van der Waals surface area contributed by atoms with Gasteiger partial charge in [-0.25, -0.2) is 9.55 Å². The Hall–Kier alpha value is -3.34. The van der Waals surface area contributed by atoms with Gasteiger partial charge in [-0.3, -0.25) is 4.81 Å². The molecule has 0 fully saturated rings. The Labute approximate surface area is 179 Å². The molecule has 1 aliphatic rings. The minimum Gasteiger partial charge on any atom is -0.439 e. The van der Waals surface area contributed by atoms with E-state index in [9.17, 15) is 0 Å². The molecule has 0 saturated heterocycles. The monoisotopic (exact) mass is 386 g/mol. The van der Waals surface area contributed by atoms with Crippen molar-refractivity contribution >= 4 is 35.3 Å². The molecule has 1 aliphatic heterocycles. The molecular weight excluding hydrogens is 357 g/mol. The summed E-state index contributed by atoms with van der Waals surface area (Å²) in [4.78, 5) is 6.29. The van der Waals surface area contributed by atoms with Gasteiger partial charge in [0.2, 0.25) is 5.71 Å². The lowest BCUT2D eigenvalue weighted by atomic mass is 9.54. The van der Waals surface area contributed by atoms with Gasteiger partial charge < -0.3 is 4.42 Å². The molecule has 1 aromatic carbocycles. The summed E-state index contributed by atoms with van der Waals surface area (Å²) in [6.45, 7) is -2.74. The molecule has 4 aromatic rings. The van der Waals surface area contributed by atoms with E-state index >= 15 is 0 Å². The van der Waals surface area contributed by atoms with E-state index in [-0.39, 0.29) is 23.8 Å². The maximum atomic E-state index is 8.07. The van der Waals surface area contributed by atoms with E-state index in [1.807, 2.05) is 71.9 Å². The van der Waals surface area contributed by atoms with E-state index in [1.54, 1.807) is 12.3 Å². The zero-order valence-electron chi connectivity index (χ0n) is 22.2. The normalized spacial score (nSPS) is 17.2. The molecule has 0 N–H and O–H groups in total. The van der Waals surface area contributed by atoms with E-state index in [4.69, 9.17) is 12.6 Å². The number of benzene rings is 1. The molecule has 3 aromatic heterocycles. The Morgan fingerprint density at radius 1 is 1.14 bits per heavy atom. The molecule has 142 valence electrons. The summed E-state index contributed by atoms with van der Waals surface area (Å²) in [7, 11) is 1.83. The molecule has 5 rings (SSSR count). The van der Waals surface area contributed by atoms with Gasteiger partial charge in [0.25, 0.3) is 5.82 Å². The van der Waals surface area contributed by atoms with Crippen molar-refractivity contribution in [3.05, 3.63) is 77.9 Å². The molecule has 0 spiro atoms. The number of furan rings is 1. The summed E-state index contributed by atoms with van der Waals surface area (Å²) in [6.07, 6.45) is 5.38. The highest BCUT2D eigenvalue weighted by molar-refractivity contribution is 6.79. The summed E-state index contributed by atoms with van der Waals surface area (Å²) >= 11 is 0. The van der Waals surface area contributed by atoms with Gasteiger partial charge in [0, 0.05) is 36.9 Å². The van der Waals surface area contributed by atoms with Crippen LogP contribution >= 0.6 is 0 Å². The Morgan fingerprint density at radius 3 is 2.79 bits per heavy atom. The number of aryl methyl sites for hydroxylation is 3. The lowest BCUT2D eigenvalue weighted by Crippen LogP contribution is -2.50. The number of fused-ring (bicyclic) bond motifs is 3. The number of hydrogen-bond donors (Lipinski definition) is 0. The molecular formula is C24H23BN3O+. The van der Waals surface area contributed by atoms with Crippen molar-refractivity contribution < 1.29 is 17.2 Å². The molecule has 0 bridgehead atoms. The van der Waals surface area contributed by atoms with Crippen LogP contribution in [0.5, 0.6) is 0 Å². The summed E-state index contributed by atoms with van der Waals surface area (Å²) in [5, 5.41) is 0.750. The quantitative estimate of drug-likeness (QED) is 0.381. The third-order valence-corrected chi connectivity index (χ3v) is 5.44. The van der Waals surface area contributed by atoms with Gasteiger partial charge in [-0.05, 0) is 49.3 Å². The number of hydrogen-bond acceptors (Lipinski definition) is 3. The molecule has 5 heteroatoms. The lowest BCUT2D eigenvalue weighted by molar-refractivity contribution is -0.658. The Kier molecular flexibility index (Phi) is 2.80. The van der Waals surface area contributed by atoms with Crippen molar-refractivity contribution in [1.29, 1.82) is 0 Å². The number of aromatic nitrogens is 2. The highest BCUT2D eigenvalue weighted by Gasteiger charge is 2.37. The van der Waals surface area contributed by atoms with E-state index in [0.29, 0.717) is 11.3 Å². The minimum absolute atomic E-state index is 0.0104. The molecule has 0 unspecified atom stereocenters. The third-order valence-electron chi connectivity index (χ3n) is 5.44. The van der Waals surface area contributed by atoms with E-state index in [1.165, 1.54) is 6.07 Å². The van der Waals surface area contributed by atoms with Gasteiger partial charge in [-0.15, -0.1) is 0 Å². The minimum atomic E-state index is -2.32. The fourth-order valence-electron chi connectivity index (χ4n) is 4.01. The Morgan fingerprint density at radius 2 is 2.00 bits per heavy atom. The Bertz CT molecular complexity index is 1460.